The minimum atomic E-state index is -1.01. The van der Waals surface area contributed by atoms with Crippen LogP contribution in [0.3, 0.4) is 0 Å². The fraction of sp³-hybridized carbons (Fsp3) is 0.800. The molecule has 16 heavy (non-hydrogen) atoms. The lowest BCUT2D eigenvalue weighted by atomic mass is 10.1. The van der Waals surface area contributed by atoms with Gasteiger partial charge in [-0.15, -0.1) is 0 Å². The monoisotopic (exact) mass is 231 g/mol. The number of carbonyl (C=O) groups is 2. The molecule has 0 aromatic carbocycles. The van der Waals surface area contributed by atoms with Gasteiger partial charge in [0.2, 0.25) is 5.91 Å². The van der Waals surface area contributed by atoms with E-state index in [-0.39, 0.29) is 12.2 Å². The van der Waals surface area contributed by atoms with Gasteiger partial charge in [-0.05, 0) is 19.3 Å². The largest absolute Gasteiger partial charge is 0.480 e. The molecule has 1 aliphatic rings. The van der Waals surface area contributed by atoms with E-state index in [0.29, 0.717) is 32.5 Å². The topological polar surface area (TPSA) is 84.9 Å². The highest BCUT2D eigenvalue weighted by atomic mass is 16.7. The van der Waals surface area contributed by atoms with Gasteiger partial charge in [0.1, 0.15) is 6.04 Å². The molecule has 0 aromatic heterocycles. The number of carbonyl (C=O) groups excluding carboxylic acids is 1. The van der Waals surface area contributed by atoms with Crippen LogP contribution in [-0.2, 0) is 19.1 Å². The third kappa shape index (κ3) is 4.59. The van der Waals surface area contributed by atoms with E-state index in [1.54, 1.807) is 0 Å². The first-order valence-corrected chi connectivity index (χ1v) is 5.32. The van der Waals surface area contributed by atoms with Crippen LogP contribution >= 0.6 is 0 Å². The van der Waals surface area contributed by atoms with Gasteiger partial charge in [0.05, 0.1) is 13.2 Å². The number of amides is 1. The Hall–Kier alpha value is -1.14. The van der Waals surface area contributed by atoms with Gasteiger partial charge in [0, 0.05) is 6.92 Å². The quantitative estimate of drug-likeness (QED) is 0.678. The van der Waals surface area contributed by atoms with E-state index in [4.69, 9.17) is 14.6 Å². The number of carboxylic acids is 1. The molecular formula is C10H17NO5. The van der Waals surface area contributed by atoms with Gasteiger partial charge in [-0.2, -0.15) is 0 Å². The lowest BCUT2D eigenvalue weighted by molar-refractivity contribution is -0.141. The predicted octanol–water partition coefficient (Wildman–Crippen LogP) is 0.119. The third-order valence-corrected chi connectivity index (χ3v) is 2.30. The van der Waals surface area contributed by atoms with Gasteiger partial charge < -0.3 is 19.9 Å². The summed E-state index contributed by atoms with van der Waals surface area (Å²) in [6.45, 7) is 2.50. The Kier molecular flexibility index (Phi) is 5.21. The first-order valence-electron chi connectivity index (χ1n) is 5.32. The molecule has 1 rings (SSSR count). The van der Waals surface area contributed by atoms with Crippen LogP contribution in [0.2, 0.25) is 0 Å². The maximum absolute atomic E-state index is 10.8. The van der Waals surface area contributed by atoms with Crippen molar-refractivity contribution in [2.45, 2.75) is 38.5 Å². The van der Waals surface area contributed by atoms with Crippen LogP contribution in [0.4, 0.5) is 0 Å². The van der Waals surface area contributed by atoms with Gasteiger partial charge in [-0.1, -0.05) is 0 Å². The summed E-state index contributed by atoms with van der Waals surface area (Å²) in [5.41, 5.74) is 0. The van der Waals surface area contributed by atoms with E-state index in [9.17, 15) is 9.59 Å². The average Bonchev–Trinajstić information content (AvgIpc) is 2.68. The molecule has 1 saturated heterocycles. The summed E-state index contributed by atoms with van der Waals surface area (Å²) in [4.78, 5) is 21.5. The minimum absolute atomic E-state index is 0.216. The molecular weight excluding hydrogens is 214 g/mol. The maximum Gasteiger partial charge on any atom is 0.326 e. The number of hydrogen-bond acceptors (Lipinski definition) is 4. The van der Waals surface area contributed by atoms with Crippen LogP contribution in [0, 0.1) is 0 Å². The zero-order valence-electron chi connectivity index (χ0n) is 9.27. The van der Waals surface area contributed by atoms with Crippen LogP contribution in [-0.4, -0.2) is 42.5 Å². The van der Waals surface area contributed by atoms with Crippen LogP contribution in [0.5, 0.6) is 0 Å². The van der Waals surface area contributed by atoms with E-state index in [0.717, 1.165) is 0 Å². The molecule has 0 spiro atoms. The number of ether oxygens (including phenoxy) is 2. The predicted molar refractivity (Wildman–Crippen MR) is 54.8 cm³/mol. The molecule has 92 valence electrons. The maximum atomic E-state index is 10.8. The summed E-state index contributed by atoms with van der Waals surface area (Å²) in [7, 11) is 0. The number of rotatable bonds is 6. The third-order valence-electron chi connectivity index (χ3n) is 2.30. The van der Waals surface area contributed by atoms with E-state index in [1.807, 2.05) is 0 Å². The molecule has 0 aromatic rings. The number of carboxylic acid groups (broad SMARTS) is 1. The Bertz CT molecular complexity index is 250. The number of aliphatic carboxylic acids is 1. The van der Waals surface area contributed by atoms with Crippen molar-refractivity contribution >= 4 is 11.9 Å². The molecule has 1 amide bonds. The van der Waals surface area contributed by atoms with E-state index in [2.05, 4.69) is 5.32 Å². The van der Waals surface area contributed by atoms with Gasteiger partial charge in [-0.3, -0.25) is 4.79 Å². The van der Waals surface area contributed by atoms with Crippen molar-refractivity contribution in [3.63, 3.8) is 0 Å². The van der Waals surface area contributed by atoms with E-state index >= 15 is 0 Å². The van der Waals surface area contributed by atoms with Crippen molar-refractivity contribution in [2.24, 2.45) is 0 Å². The second-order valence-corrected chi connectivity index (χ2v) is 3.69. The average molecular weight is 231 g/mol. The summed E-state index contributed by atoms with van der Waals surface area (Å²) in [6, 6.07) is -0.820. The fourth-order valence-corrected chi connectivity index (χ4v) is 1.57. The Balaban J connectivity index is 2.21. The van der Waals surface area contributed by atoms with Crippen molar-refractivity contribution in [3.05, 3.63) is 0 Å². The fourth-order valence-electron chi connectivity index (χ4n) is 1.57. The lowest BCUT2D eigenvalue weighted by Crippen LogP contribution is -2.39. The number of nitrogens with one attached hydrogen (secondary N) is 1. The summed E-state index contributed by atoms with van der Waals surface area (Å²) in [5, 5.41) is 11.2. The summed E-state index contributed by atoms with van der Waals surface area (Å²) >= 11 is 0. The van der Waals surface area contributed by atoms with Crippen molar-refractivity contribution in [2.75, 3.05) is 13.2 Å². The normalized spacial score (nSPS) is 18.3. The minimum Gasteiger partial charge on any atom is -0.480 e. The van der Waals surface area contributed by atoms with E-state index < -0.39 is 12.0 Å². The Labute approximate surface area is 93.9 Å². The Morgan fingerprint density at radius 1 is 1.44 bits per heavy atom. The highest BCUT2D eigenvalue weighted by Crippen LogP contribution is 2.12. The van der Waals surface area contributed by atoms with Crippen molar-refractivity contribution in [3.8, 4) is 0 Å². The van der Waals surface area contributed by atoms with Crippen LogP contribution < -0.4 is 5.32 Å². The standard InChI is InChI=1S/C10H17NO5/c1-7(12)11-8(10(13)14)3-2-4-9-15-5-6-16-9/h8-9H,2-6H2,1H3,(H,11,12)(H,13,14). The molecule has 1 atom stereocenters. The molecule has 0 aliphatic carbocycles. The van der Waals surface area contributed by atoms with Crippen molar-refractivity contribution in [1.29, 1.82) is 0 Å². The molecule has 2 N–H and O–H groups in total. The Morgan fingerprint density at radius 3 is 2.56 bits per heavy atom. The SMILES string of the molecule is CC(=O)NC(CCCC1OCCO1)C(=O)O. The molecule has 1 unspecified atom stereocenters. The van der Waals surface area contributed by atoms with Crippen LogP contribution in [0.25, 0.3) is 0 Å². The second kappa shape index (κ2) is 6.44. The van der Waals surface area contributed by atoms with Crippen molar-refractivity contribution < 1.29 is 24.2 Å². The molecule has 0 bridgehead atoms. The van der Waals surface area contributed by atoms with Gasteiger partial charge in [0.25, 0.3) is 0 Å². The summed E-state index contributed by atoms with van der Waals surface area (Å²) in [6.07, 6.45) is 1.47. The molecule has 6 nitrogen and oxygen atoms in total. The second-order valence-electron chi connectivity index (χ2n) is 3.69. The van der Waals surface area contributed by atoms with Gasteiger partial charge >= 0.3 is 5.97 Å². The van der Waals surface area contributed by atoms with Gasteiger partial charge in [0.15, 0.2) is 6.29 Å². The Morgan fingerprint density at radius 2 is 2.06 bits per heavy atom. The lowest BCUT2D eigenvalue weighted by Gasteiger charge is -2.14. The molecule has 1 aliphatic heterocycles. The smallest absolute Gasteiger partial charge is 0.326 e. The molecule has 1 fully saturated rings. The first kappa shape index (κ1) is 12.9. The zero-order valence-corrected chi connectivity index (χ0v) is 9.27. The van der Waals surface area contributed by atoms with Gasteiger partial charge in [-0.25, -0.2) is 4.79 Å². The number of hydrogen-bond donors (Lipinski definition) is 2. The molecule has 0 radical (unpaired) electrons. The molecule has 1 heterocycles. The zero-order chi connectivity index (χ0) is 12.0. The van der Waals surface area contributed by atoms with Crippen molar-refractivity contribution in [1.82, 2.24) is 5.32 Å². The first-order chi connectivity index (χ1) is 7.59. The summed E-state index contributed by atoms with van der Waals surface area (Å²) in [5.74, 6) is -1.34. The highest BCUT2D eigenvalue weighted by molar-refractivity contribution is 5.81. The van der Waals surface area contributed by atoms with Crippen LogP contribution in [0.15, 0.2) is 0 Å². The molecule has 0 saturated carbocycles. The highest BCUT2D eigenvalue weighted by Gasteiger charge is 2.20. The van der Waals surface area contributed by atoms with Crippen LogP contribution in [0.1, 0.15) is 26.2 Å². The summed E-state index contributed by atoms with van der Waals surface area (Å²) < 4.78 is 10.4. The molecule has 6 heteroatoms. The van der Waals surface area contributed by atoms with E-state index in [1.165, 1.54) is 6.92 Å².